The highest BCUT2D eigenvalue weighted by Gasteiger charge is 2.38. The molecule has 3 aliphatic rings. The van der Waals surface area contributed by atoms with E-state index in [0.29, 0.717) is 23.9 Å². The van der Waals surface area contributed by atoms with Gasteiger partial charge < -0.3 is 25.6 Å². The molecule has 2 amide bonds. The van der Waals surface area contributed by atoms with Crippen LogP contribution in [0.5, 0.6) is 6.01 Å². The molecule has 2 aromatic carbocycles. The lowest BCUT2D eigenvalue weighted by molar-refractivity contribution is -0.137. The molecule has 0 spiro atoms. The Morgan fingerprint density at radius 2 is 1.83 bits per heavy atom. The number of nitrogens with zero attached hydrogens (tertiary/aromatic N) is 6. The number of anilines is 2. The highest BCUT2D eigenvalue weighted by atomic mass is 32.1. The van der Waals surface area contributed by atoms with Crippen LogP contribution >= 0.6 is 11.3 Å². The van der Waals surface area contributed by atoms with E-state index < -0.39 is 40.6 Å². The number of rotatable bonds is 4. The predicted molar refractivity (Wildman–Crippen MR) is 200 cm³/mol. The van der Waals surface area contributed by atoms with Crippen molar-refractivity contribution >= 4 is 49.2 Å². The number of benzene rings is 2. The number of likely N-dealkylation sites (tertiary alicyclic amines) is 1. The molecule has 5 heterocycles. The first-order valence-corrected chi connectivity index (χ1v) is 18.7. The van der Waals surface area contributed by atoms with Gasteiger partial charge in [0.2, 0.25) is 0 Å². The van der Waals surface area contributed by atoms with Crippen LogP contribution in [-0.2, 0) is 6.18 Å². The minimum atomic E-state index is -5.00. The van der Waals surface area contributed by atoms with Crippen LogP contribution < -0.4 is 15.8 Å². The van der Waals surface area contributed by atoms with Crippen LogP contribution in [0.2, 0.25) is 0 Å². The molecule has 3 N–H and O–H groups in total. The first-order chi connectivity index (χ1) is 25.7. The van der Waals surface area contributed by atoms with E-state index >= 15 is 4.39 Å². The molecule has 7 rings (SSSR count). The minimum absolute atomic E-state index is 0.0444. The van der Waals surface area contributed by atoms with Gasteiger partial charge in [0.25, 0.3) is 0 Å². The molecule has 0 radical (unpaired) electrons. The Morgan fingerprint density at radius 3 is 2.41 bits per heavy atom. The van der Waals surface area contributed by atoms with Crippen molar-refractivity contribution in [1.82, 2.24) is 24.7 Å². The Hall–Kier alpha value is -4.56. The number of halogens is 6. The molecule has 2 unspecified atom stereocenters. The summed E-state index contributed by atoms with van der Waals surface area (Å²) in [6, 6.07) is 4.90. The summed E-state index contributed by atoms with van der Waals surface area (Å²) in [5.74, 6) is -2.15. The summed E-state index contributed by atoms with van der Waals surface area (Å²) in [7, 11) is 4.82. The Bertz CT molecular complexity index is 1960. The smallest absolute Gasteiger partial charge is 0.417 e. The number of nitrogens with one attached hydrogen (secondary N) is 1. The quantitative estimate of drug-likeness (QED) is 0.197. The summed E-state index contributed by atoms with van der Waals surface area (Å²) in [5, 5.41) is 11.8. The SMILES string of the molecule is CC.CCNc1nc(OC)nc2c(F)c(-c3ccc(F)c4sc(N)c(C#N)c34)c(C(F)(F)F)cc12.CN(C)C(=O)N1CCCC1.FC1CC2CCCN2C1. The monoisotopic (exact) mass is 780 g/mol. The minimum Gasteiger partial charge on any atom is -0.467 e. The fourth-order valence-electron chi connectivity index (χ4n) is 6.81. The van der Waals surface area contributed by atoms with E-state index in [1.807, 2.05) is 18.7 Å². The van der Waals surface area contributed by atoms with Crippen LogP contribution in [-0.4, -0.2) is 96.8 Å². The second-order valence-electron chi connectivity index (χ2n) is 12.8. The molecular formula is C37H46F6N8O2S. The van der Waals surface area contributed by atoms with Gasteiger partial charge in [-0.15, -0.1) is 11.3 Å². The van der Waals surface area contributed by atoms with E-state index in [-0.39, 0.29) is 56.0 Å². The van der Waals surface area contributed by atoms with Crippen LogP contribution in [0.3, 0.4) is 0 Å². The highest BCUT2D eigenvalue weighted by Crippen LogP contribution is 2.47. The molecule has 54 heavy (non-hydrogen) atoms. The normalized spacial score (nSPS) is 17.8. The van der Waals surface area contributed by atoms with Crippen molar-refractivity contribution in [1.29, 1.82) is 5.26 Å². The number of fused-ring (bicyclic) bond motifs is 3. The van der Waals surface area contributed by atoms with Crippen molar-refractivity contribution in [2.24, 2.45) is 0 Å². The number of alkyl halides is 4. The number of carbonyl (C=O) groups excluding carboxylic acids is 1. The number of methoxy groups -OCH3 is 1. The topological polar surface area (TPSA) is 124 Å². The second-order valence-corrected chi connectivity index (χ2v) is 13.9. The molecule has 3 saturated heterocycles. The summed E-state index contributed by atoms with van der Waals surface area (Å²) in [6.45, 7) is 9.72. The molecule has 10 nitrogen and oxygen atoms in total. The maximum Gasteiger partial charge on any atom is 0.417 e. The van der Waals surface area contributed by atoms with E-state index in [2.05, 4.69) is 20.2 Å². The van der Waals surface area contributed by atoms with Crippen LogP contribution in [0, 0.1) is 23.0 Å². The predicted octanol–water partition coefficient (Wildman–Crippen LogP) is 8.69. The average molecular weight is 781 g/mol. The lowest BCUT2D eigenvalue weighted by atomic mass is 9.92. The number of hydrogen-bond donors (Lipinski definition) is 2. The number of ether oxygens (including phenoxy) is 1. The van der Waals surface area contributed by atoms with Crippen LogP contribution in [0.1, 0.15) is 64.0 Å². The number of thiophene rings is 1. The van der Waals surface area contributed by atoms with Gasteiger partial charge in [0.05, 0.1) is 22.9 Å². The van der Waals surface area contributed by atoms with Gasteiger partial charge in [-0.25, -0.2) is 18.0 Å². The van der Waals surface area contributed by atoms with Crippen LogP contribution in [0.15, 0.2) is 18.2 Å². The van der Waals surface area contributed by atoms with Gasteiger partial charge >= 0.3 is 18.2 Å². The molecule has 2 aromatic heterocycles. The molecule has 3 fully saturated rings. The standard InChI is InChI=1S/C21H14F5N5OS.C7H12FN.C7H14N2O.C2H6/c1-3-29-19-9-6-11(21(24,25)26)14(15(23)16(9)30-20(31-19)32-2)8-4-5-12(22)17-13(8)10(7-27)18(28)33-17;8-6-4-7-2-1-3-9(7)5-6;1-8(2)7(10)9-5-3-4-6-9;1-2/h4-6H,3,28H2,1-2H3,(H,29,30,31);6-7H,1-5H2;3-6H2,1-2H3;1-2H3. The average Bonchev–Trinajstić information content (AvgIpc) is 3.95. The summed E-state index contributed by atoms with van der Waals surface area (Å²) >= 11 is 0.698. The van der Waals surface area contributed by atoms with Gasteiger partial charge in [-0.05, 0) is 63.3 Å². The largest absolute Gasteiger partial charge is 0.467 e. The van der Waals surface area contributed by atoms with E-state index in [4.69, 9.17) is 10.5 Å². The number of hydrogen-bond acceptors (Lipinski definition) is 9. The van der Waals surface area contributed by atoms with Gasteiger partial charge in [0.1, 0.15) is 34.4 Å². The first kappa shape index (κ1) is 42.2. The van der Waals surface area contributed by atoms with Crippen LogP contribution in [0.4, 0.5) is 42.0 Å². The Balaban J connectivity index is 0.000000249. The first-order valence-electron chi connectivity index (χ1n) is 17.8. The van der Waals surface area contributed by atoms with Gasteiger partial charge in [0, 0.05) is 62.7 Å². The summed E-state index contributed by atoms with van der Waals surface area (Å²) in [5.41, 5.74) is 2.59. The number of nitriles is 1. The zero-order valence-corrected chi connectivity index (χ0v) is 32.0. The van der Waals surface area contributed by atoms with Crippen molar-refractivity contribution in [3.8, 4) is 23.2 Å². The molecule has 4 aromatic rings. The Labute approximate surface area is 314 Å². The molecule has 17 heteroatoms. The summed E-state index contributed by atoms with van der Waals surface area (Å²) in [4.78, 5) is 24.9. The number of carbonyl (C=O) groups is 1. The zero-order chi connectivity index (χ0) is 39.9. The number of urea groups is 1. The molecular weight excluding hydrogens is 735 g/mol. The number of nitrogens with two attached hydrogens (primary N) is 1. The molecule has 0 aliphatic carbocycles. The zero-order valence-electron chi connectivity index (χ0n) is 31.2. The molecule has 0 bridgehead atoms. The Kier molecular flexibility index (Phi) is 14.2. The third kappa shape index (κ3) is 9.03. The Morgan fingerprint density at radius 1 is 1.15 bits per heavy atom. The number of nitrogen functional groups attached to an aromatic ring is 1. The third-order valence-electron chi connectivity index (χ3n) is 9.16. The van der Waals surface area contributed by atoms with Crippen molar-refractivity contribution in [2.45, 2.75) is 71.3 Å². The van der Waals surface area contributed by atoms with E-state index in [9.17, 15) is 32.0 Å². The van der Waals surface area contributed by atoms with Gasteiger partial charge in [-0.3, -0.25) is 4.90 Å². The molecule has 3 aliphatic heterocycles. The highest BCUT2D eigenvalue weighted by molar-refractivity contribution is 7.23. The molecule has 2 atom stereocenters. The number of aromatic nitrogens is 2. The van der Waals surface area contributed by atoms with Gasteiger partial charge in [-0.1, -0.05) is 19.9 Å². The van der Waals surface area contributed by atoms with Crippen molar-refractivity contribution in [3.05, 3.63) is 41.0 Å². The van der Waals surface area contributed by atoms with Crippen molar-refractivity contribution in [3.63, 3.8) is 0 Å². The van der Waals surface area contributed by atoms with Gasteiger partial charge in [0.15, 0.2) is 5.82 Å². The summed E-state index contributed by atoms with van der Waals surface area (Å²) in [6.07, 6.45) is 0.148. The van der Waals surface area contributed by atoms with E-state index in [1.54, 1.807) is 32.0 Å². The van der Waals surface area contributed by atoms with E-state index in [1.165, 1.54) is 32.8 Å². The maximum absolute atomic E-state index is 15.9. The second kappa shape index (κ2) is 18.2. The van der Waals surface area contributed by atoms with Crippen LogP contribution in [0.25, 0.3) is 32.1 Å². The third-order valence-corrected chi connectivity index (χ3v) is 10.2. The summed E-state index contributed by atoms with van der Waals surface area (Å²) < 4.78 is 90.2. The fraction of sp³-hybridized carbons (Fsp3) is 0.514. The maximum atomic E-state index is 15.9. The number of amides is 2. The lowest BCUT2D eigenvalue weighted by Crippen LogP contribution is -2.36. The fourth-order valence-corrected chi connectivity index (χ4v) is 7.76. The van der Waals surface area contributed by atoms with Gasteiger partial charge in [-0.2, -0.15) is 28.4 Å². The molecule has 0 saturated carbocycles. The van der Waals surface area contributed by atoms with Crippen molar-refractivity contribution < 1.29 is 35.9 Å². The lowest BCUT2D eigenvalue weighted by Gasteiger charge is -2.20. The van der Waals surface area contributed by atoms with Crippen molar-refractivity contribution in [2.75, 3.05) is 65.0 Å². The van der Waals surface area contributed by atoms with E-state index in [0.717, 1.165) is 44.3 Å². The molecule has 294 valence electrons.